The highest BCUT2D eigenvalue weighted by atomic mass is 17.5. The molecule has 1 aliphatic carbocycles. The Balaban J connectivity index is 2.28. The van der Waals surface area contributed by atoms with Crippen molar-refractivity contribution in [1.82, 2.24) is 0 Å². The van der Waals surface area contributed by atoms with Crippen molar-refractivity contribution >= 4 is 0 Å². The molecule has 0 spiro atoms. The Kier molecular flexibility index (Phi) is 1.72. The van der Waals surface area contributed by atoms with E-state index in [9.17, 15) is 0 Å². The first-order chi connectivity index (χ1) is 5.56. The molecule has 0 amide bonds. The van der Waals surface area contributed by atoms with Crippen molar-refractivity contribution < 1.29 is 14.8 Å². The molecule has 12 heavy (non-hydrogen) atoms. The van der Waals surface area contributed by atoms with Gasteiger partial charge in [0.25, 0.3) is 0 Å². The molecule has 2 aliphatic rings. The summed E-state index contributed by atoms with van der Waals surface area (Å²) in [4.78, 5) is 10.3. The van der Waals surface area contributed by atoms with Crippen LogP contribution in [0.3, 0.4) is 0 Å². The molecule has 3 heteroatoms. The number of hydrogen-bond donors (Lipinski definition) is 0. The summed E-state index contributed by atoms with van der Waals surface area (Å²) in [6.45, 7) is 6.48. The zero-order valence-electron chi connectivity index (χ0n) is 7.92. The first kappa shape index (κ1) is 8.48. The smallest absolute Gasteiger partial charge is 0.138 e. The second-order valence-electron chi connectivity index (χ2n) is 4.62. The standard InChI is InChI=1S/C9H16O3/c1-8(2)6-4-5-7-9(8,3)11-12-10-7/h7H,4-6H2,1-3H3. The van der Waals surface area contributed by atoms with Crippen LogP contribution in [-0.2, 0) is 14.8 Å². The summed E-state index contributed by atoms with van der Waals surface area (Å²) < 4.78 is 0. The van der Waals surface area contributed by atoms with Gasteiger partial charge >= 0.3 is 0 Å². The van der Waals surface area contributed by atoms with Gasteiger partial charge in [0.2, 0.25) is 0 Å². The van der Waals surface area contributed by atoms with Gasteiger partial charge in [-0.3, -0.25) is 0 Å². The van der Waals surface area contributed by atoms with Gasteiger partial charge in [-0.25, -0.2) is 0 Å². The van der Waals surface area contributed by atoms with Gasteiger partial charge in [0, 0.05) is 0 Å². The van der Waals surface area contributed by atoms with Gasteiger partial charge in [0.05, 0.1) is 0 Å². The van der Waals surface area contributed by atoms with Gasteiger partial charge in [-0.2, -0.15) is 9.78 Å². The lowest BCUT2D eigenvalue weighted by Gasteiger charge is -2.44. The van der Waals surface area contributed by atoms with Crippen molar-refractivity contribution in [2.45, 2.75) is 51.7 Å². The van der Waals surface area contributed by atoms with Crippen LogP contribution in [0.5, 0.6) is 0 Å². The lowest BCUT2D eigenvalue weighted by molar-refractivity contribution is -0.477. The van der Waals surface area contributed by atoms with E-state index >= 15 is 0 Å². The van der Waals surface area contributed by atoms with Gasteiger partial charge in [0.1, 0.15) is 11.7 Å². The predicted octanol–water partition coefficient (Wildman–Crippen LogP) is 2.22. The molecular formula is C9H16O3. The predicted molar refractivity (Wildman–Crippen MR) is 43.1 cm³/mol. The number of fused-ring (bicyclic) bond motifs is 1. The maximum Gasteiger partial charge on any atom is 0.138 e. The van der Waals surface area contributed by atoms with Crippen molar-refractivity contribution in [3.8, 4) is 0 Å². The van der Waals surface area contributed by atoms with Crippen LogP contribution in [0, 0.1) is 5.41 Å². The van der Waals surface area contributed by atoms with E-state index in [-0.39, 0.29) is 17.1 Å². The molecule has 0 aromatic carbocycles. The summed E-state index contributed by atoms with van der Waals surface area (Å²) in [5.41, 5.74) is -0.113. The summed E-state index contributed by atoms with van der Waals surface area (Å²) in [5.74, 6) is 0. The van der Waals surface area contributed by atoms with E-state index < -0.39 is 0 Å². The molecule has 0 aromatic heterocycles. The first-order valence-electron chi connectivity index (χ1n) is 4.57. The first-order valence-corrected chi connectivity index (χ1v) is 4.57. The molecule has 1 saturated carbocycles. The minimum Gasteiger partial charge on any atom is -0.200 e. The normalized spacial score (nSPS) is 45.8. The van der Waals surface area contributed by atoms with Gasteiger partial charge in [-0.05, 0) is 31.6 Å². The second-order valence-corrected chi connectivity index (χ2v) is 4.62. The fourth-order valence-electron chi connectivity index (χ4n) is 2.13. The molecule has 0 aromatic rings. The number of hydrogen-bond acceptors (Lipinski definition) is 3. The van der Waals surface area contributed by atoms with Crippen LogP contribution in [0.2, 0.25) is 0 Å². The summed E-state index contributed by atoms with van der Waals surface area (Å²) in [5, 5.41) is 4.63. The third-order valence-corrected chi connectivity index (χ3v) is 3.59. The highest BCUT2D eigenvalue weighted by Crippen LogP contribution is 2.50. The van der Waals surface area contributed by atoms with E-state index in [0.717, 1.165) is 6.42 Å². The molecule has 0 N–H and O–H groups in total. The summed E-state index contributed by atoms with van der Waals surface area (Å²) >= 11 is 0. The Labute approximate surface area is 72.8 Å². The largest absolute Gasteiger partial charge is 0.200 e. The molecule has 0 radical (unpaired) electrons. The highest BCUT2D eigenvalue weighted by Gasteiger charge is 2.56. The van der Waals surface area contributed by atoms with Crippen LogP contribution >= 0.6 is 0 Å². The minimum atomic E-state index is -0.259. The second kappa shape index (κ2) is 2.44. The van der Waals surface area contributed by atoms with Gasteiger partial charge in [0.15, 0.2) is 0 Å². The molecule has 3 nitrogen and oxygen atoms in total. The van der Waals surface area contributed by atoms with Crippen molar-refractivity contribution in [2.75, 3.05) is 0 Å². The maximum absolute atomic E-state index is 5.24. The molecule has 2 unspecified atom stereocenters. The molecule has 2 rings (SSSR count). The van der Waals surface area contributed by atoms with Crippen molar-refractivity contribution in [1.29, 1.82) is 0 Å². The third kappa shape index (κ3) is 0.934. The zero-order chi connectivity index (χ0) is 8.82. The van der Waals surface area contributed by atoms with E-state index in [2.05, 4.69) is 25.8 Å². The maximum atomic E-state index is 5.24. The molecule has 2 fully saturated rings. The van der Waals surface area contributed by atoms with E-state index in [0.29, 0.717) is 0 Å². The third-order valence-electron chi connectivity index (χ3n) is 3.59. The molecule has 70 valence electrons. The summed E-state index contributed by atoms with van der Waals surface area (Å²) in [6.07, 6.45) is 3.52. The molecule has 1 aliphatic heterocycles. The minimum absolute atomic E-state index is 0.112. The van der Waals surface area contributed by atoms with Crippen LogP contribution in [-0.4, -0.2) is 11.7 Å². The van der Waals surface area contributed by atoms with E-state index in [1.807, 2.05) is 0 Å². The van der Waals surface area contributed by atoms with Crippen molar-refractivity contribution in [3.05, 3.63) is 0 Å². The molecule has 1 saturated heterocycles. The lowest BCUT2D eigenvalue weighted by Crippen LogP contribution is -2.52. The monoisotopic (exact) mass is 172 g/mol. The average molecular weight is 172 g/mol. The van der Waals surface area contributed by atoms with E-state index in [1.54, 1.807) is 0 Å². The Morgan fingerprint density at radius 3 is 2.67 bits per heavy atom. The molecule has 1 heterocycles. The Bertz CT molecular complexity index is 190. The van der Waals surface area contributed by atoms with Crippen LogP contribution in [0.25, 0.3) is 0 Å². The Hall–Kier alpha value is -0.120. The van der Waals surface area contributed by atoms with Crippen molar-refractivity contribution in [2.24, 2.45) is 5.41 Å². The van der Waals surface area contributed by atoms with Crippen molar-refractivity contribution in [3.63, 3.8) is 0 Å². The molecule has 2 atom stereocenters. The van der Waals surface area contributed by atoms with Crippen LogP contribution in [0.1, 0.15) is 40.0 Å². The van der Waals surface area contributed by atoms with Gasteiger partial charge in [-0.15, -0.1) is 0 Å². The zero-order valence-corrected chi connectivity index (χ0v) is 7.92. The Morgan fingerprint density at radius 1 is 1.25 bits per heavy atom. The Morgan fingerprint density at radius 2 is 2.00 bits per heavy atom. The highest BCUT2D eigenvalue weighted by molar-refractivity contribution is 5.00. The van der Waals surface area contributed by atoms with E-state index in [1.165, 1.54) is 12.8 Å². The van der Waals surface area contributed by atoms with E-state index in [4.69, 9.17) is 9.78 Å². The SMILES string of the molecule is CC1(C)CCCC2OOOC21C. The lowest BCUT2D eigenvalue weighted by atomic mass is 9.65. The fourth-order valence-corrected chi connectivity index (χ4v) is 2.13. The topological polar surface area (TPSA) is 27.7 Å². The van der Waals surface area contributed by atoms with Gasteiger partial charge < -0.3 is 0 Å². The quantitative estimate of drug-likeness (QED) is 0.524. The van der Waals surface area contributed by atoms with Crippen LogP contribution < -0.4 is 0 Å². The summed E-state index contributed by atoms with van der Waals surface area (Å²) in [6, 6.07) is 0. The molecular weight excluding hydrogens is 156 g/mol. The average Bonchev–Trinajstić information content (AvgIpc) is 2.33. The van der Waals surface area contributed by atoms with Crippen LogP contribution in [0.4, 0.5) is 0 Å². The van der Waals surface area contributed by atoms with Crippen LogP contribution in [0.15, 0.2) is 0 Å². The van der Waals surface area contributed by atoms with Gasteiger partial charge in [-0.1, -0.05) is 18.9 Å². The summed E-state index contributed by atoms with van der Waals surface area (Å²) in [7, 11) is 0. The molecule has 0 bridgehead atoms. The number of rotatable bonds is 0. The fraction of sp³-hybridized carbons (Fsp3) is 1.00.